The summed E-state index contributed by atoms with van der Waals surface area (Å²) in [5, 5.41) is 8.83. The van der Waals surface area contributed by atoms with Gasteiger partial charge in [-0.25, -0.2) is 0 Å². The second-order valence-electron chi connectivity index (χ2n) is 3.21. The van der Waals surface area contributed by atoms with E-state index in [-0.39, 0.29) is 29.6 Å². The molecule has 0 aliphatic rings. The monoisotopic (exact) mass is 266 g/mol. The Kier molecular flexibility index (Phi) is 6.18. The fraction of sp³-hybridized carbons (Fsp3) is 0. The molecule has 0 saturated heterocycles. The van der Waals surface area contributed by atoms with Crippen LogP contribution in [0.2, 0.25) is 0 Å². The SMILES string of the molecule is N#Cc1ccc(S)c(Sc2ccccc2)c1.[Na]. The van der Waals surface area contributed by atoms with Gasteiger partial charge in [-0.05, 0) is 30.3 Å². The van der Waals surface area contributed by atoms with E-state index in [1.165, 1.54) is 0 Å². The molecule has 0 unspecified atom stereocenters. The van der Waals surface area contributed by atoms with E-state index in [1.54, 1.807) is 17.8 Å². The van der Waals surface area contributed by atoms with Crippen LogP contribution >= 0.6 is 24.4 Å². The standard InChI is InChI=1S/C13H9NS2.Na/c14-9-10-6-7-12(15)13(8-10)16-11-4-2-1-3-5-11;/h1-8,15H;. The first kappa shape index (κ1) is 14.7. The first-order valence-corrected chi connectivity index (χ1v) is 6.02. The van der Waals surface area contributed by atoms with Crippen LogP contribution < -0.4 is 0 Å². The first-order valence-electron chi connectivity index (χ1n) is 4.75. The van der Waals surface area contributed by atoms with Crippen molar-refractivity contribution in [2.45, 2.75) is 14.7 Å². The summed E-state index contributed by atoms with van der Waals surface area (Å²) in [6, 6.07) is 17.7. The van der Waals surface area contributed by atoms with Crippen LogP contribution in [0.5, 0.6) is 0 Å². The summed E-state index contributed by atoms with van der Waals surface area (Å²) in [6.07, 6.45) is 0. The van der Waals surface area contributed by atoms with E-state index < -0.39 is 0 Å². The van der Waals surface area contributed by atoms with Crippen molar-refractivity contribution < 1.29 is 0 Å². The molecule has 2 aromatic rings. The summed E-state index contributed by atoms with van der Waals surface area (Å²) in [7, 11) is 0. The molecule has 1 radical (unpaired) electrons. The smallest absolute Gasteiger partial charge is 0.0992 e. The average Bonchev–Trinajstić information content (AvgIpc) is 2.33. The molecule has 79 valence electrons. The van der Waals surface area contributed by atoms with Crippen LogP contribution in [-0.2, 0) is 0 Å². The minimum absolute atomic E-state index is 0. The van der Waals surface area contributed by atoms with Gasteiger partial charge in [-0.2, -0.15) is 5.26 Å². The second-order valence-corrected chi connectivity index (χ2v) is 4.81. The van der Waals surface area contributed by atoms with Gasteiger partial charge in [-0.3, -0.25) is 0 Å². The van der Waals surface area contributed by atoms with Crippen molar-refractivity contribution in [1.82, 2.24) is 0 Å². The molecule has 2 aromatic carbocycles. The van der Waals surface area contributed by atoms with E-state index in [0.29, 0.717) is 5.56 Å². The van der Waals surface area contributed by atoms with Crippen LogP contribution in [0.3, 0.4) is 0 Å². The normalized spacial score (nSPS) is 9.18. The molecule has 0 atom stereocenters. The van der Waals surface area contributed by atoms with Gasteiger partial charge < -0.3 is 0 Å². The van der Waals surface area contributed by atoms with E-state index >= 15 is 0 Å². The number of benzene rings is 2. The fourth-order valence-electron chi connectivity index (χ4n) is 1.28. The zero-order chi connectivity index (χ0) is 11.4. The van der Waals surface area contributed by atoms with Crippen LogP contribution in [0.4, 0.5) is 0 Å². The number of thiol groups is 1. The minimum atomic E-state index is 0. The molecule has 2 rings (SSSR count). The Morgan fingerprint density at radius 2 is 1.76 bits per heavy atom. The van der Waals surface area contributed by atoms with Crippen LogP contribution in [-0.4, -0.2) is 29.6 Å². The molecule has 0 aliphatic carbocycles. The van der Waals surface area contributed by atoms with Gasteiger partial charge in [0.05, 0.1) is 11.6 Å². The molecule has 0 aromatic heterocycles. The van der Waals surface area contributed by atoms with Crippen LogP contribution in [0.25, 0.3) is 0 Å². The maximum absolute atomic E-state index is 8.83. The Morgan fingerprint density at radius 3 is 2.41 bits per heavy atom. The molecule has 0 N–H and O–H groups in total. The summed E-state index contributed by atoms with van der Waals surface area (Å²) in [6.45, 7) is 0. The van der Waals surface area contributed by atoms with Gasteiger partial charge in [-0.15, -0.1) is 12.6 Å². The van der Waals surface area contributed by atoms with Crippen molar-refractivity contribution in [3.05, 3.63) is 54.1 Å². The molecule has 0 fully saturated rings. The Labute approximate surface area is 133 Å². The summed E-state index contributed by atoms with van der Waals surface area (Å²) in [4.78, 5) is 3.05. The van der Waals surface area contributed by atoms with Crippen LogP contribution in [0.15, 0.2) is 63.2 Å². The maximum atomic E-state index is 8.83. The molecule has 0 bridgehead atoms. The summed E-state index contributed by atoms with van der Waals surface area (Å²) in [5.41, 5.74) is 0.663. The Morgan fingerprint density at radius 1 is 1.06 bits per heavy atom. The number of nitrogens with zero attached hydrogens (tertiary/aromatic N) is 1. The van der Waals surface area contributed by atoms with Gasteiger partial charge in [-0.1, -0.05) is 30.0 Å². The van der Waals surface area contributed by atoms with Gasteiger partial charge in [0.15, 0.2) is 0 Å². The number of nitriles is 1. The first-order chi connectivity index (χ1) is 7.79. The second kappa shape index (κ2) is 7.15. The molecule has 0 spiro atoms. The molecule has 0 aliphatic heterocycles. The van der Waals surface area contributed by atoms with Crippen LogP contribution in [0, 0.1) is 11.3 Å². The average molecular weight is 266 g/mol. The summed E-state index contributed by atoms with van der Waals surface area (Å²) >= 11 is 6.00. The number of hydrogen-bond acceptors (Lipinski definition) is 3. The van der Waals surface area contributed by atoms with Gasteiger partial charge in [0, 0.05) is 44.2 Å². The van der Waals surface area contributed by atoms with Gasteiger partial charge in [0.2, 0.25) is 0 Å². The molecule has 17 heavy (non-hydrogen) atoms. The van der Waals surface area contributed by atoms with E-state index in [9.17, 15) is 0 Å². The van der Waals surface area contributed by atoms with E-state index in [0.717, 1.165) is 14.7 Å². The Bertz CT molecular complexity index is 535. The summed E-state index contributed by atoms with van der Waals surface area (Å²) in [5.74, 6) is 0. The van der Waals surface area contributed by atoms with Crippen molar-refractivity contribution >= 4 is 53.9 Å². The van der Waals surface area contributed by atoms with Crippen molar-refractivity contribution in [3.63, 3.8) is 0 Å². The third-order valence-electron chi connectivity index (χ3n) is 2.06. The zero-order valence-electron chi connectivity index (χ0n) is 9.42. The predicted octanol–water partition coefficient (Wildman–Crippen LogP) is 3.62. The van der Waals surface area contributed by atoms with Crippen molar-refractivity contribution in [1.29, 1.82) is 5.26 Å². The van der Waals surface area contributed by atoms with Crippen molar-refractivity contribution in [2.75, 3.05) is 0 Å². The maximum Gasteiger partial charge on any atom is 0.0992 e. The third kappa shape index (κ3) is 4.09. The van der Waals surface area contributed by atoms with Gasteiger partial charge >= 0.3 is 0 Å². The van der Waals surface area contributed by atoms with E-state index in [2.05, 4.69) is 18.7 Å². The van der Waals surface area contributed by atoms with Crippen LogP contribution in [0.1, 0.15) is 5.56 Å². The van der Waals surface area contributed by atoms with Crippen molar-refractivity contribution in [3.8, 4) is 6.07 Å². The fourth-order valence-corrected chi connectivity index (χ4v) is 2.46. The third-order valence-corrected chi connectivity index (χ3v) is 3.67. The summed E-state index contributed by atoms with van der Waals surface area (Å²) < 4.78 is 0. The Balaban J connectivity index is 0.00000144. The molecule has 0 heterocycles. The Hall–Kier alpha value is -0.370. The molecule has 0 saturated carbocycles. The quantitative estimate of drug-likeness (QED) is 0.663. The molecular weight excluding hydrogens is 257 g/mol. The topological polar surface area (TPSA) is 23.8 Å². The molecule has 1 nitrogen and oxygen atoms in total. The molecule has 0 amide bonds. The largest absolute Gasteiger partial charge is 0.192 e. The van der Waals surface area contributed by atoms with E-state index in [1.807, 2.05) is 42.5 Å². The van der Waals surface area contributed by atoms with E-state index in [4.69, 9.17) is 5.26 Å². The van der Waals surface area contributed by atoms with Crippen molar-refractivity contribution in [2.24, 2.45) is 0 Å². The zero-order valence-corrected chi connectivity index (χ0v) is 13.1. The predicted molar refractivity (Wildman–Crippen MR) is 74.7 cm³/mol. The number of rotatable bonds is 2. The number of hydrogen-bond donors (Lipinski definition) is 1. The van der Waals surface area contributed by atoms with Gasteiger partial charge in [0.25, 0.3) is 0 Å². The minimum Gasteiger partial charge on any atom is -0.192 e. The molecule has 4 heteroatoms. The van der Waals surface area contributed by atoms with Gasteiger partial charge in [0.1, 0.15) is 0 Å². The molecular formula is C13H9NNaS2.